The molecule has 0 amide bonds. The Morgan fingerprint density at radius 3 is 2.56 bits per heavy atom. The summed E-state index contributed by atoms with van der Waals surface area (Å²) in [5.74, 6) is -1.21. The predicted molar refractivity (Wildman–Crippen MR) is 68.9 cm³/mol. The zero-order valence-electron chi connectivity index (χ0n) is 10.9. The lowest BCUT2D eigenvalue weighted by Crippen LogP contribution is -2.37. The summed E-state index contributed by atoms with van der Waals surface area (Å²) in [5.41, 5.74) is 0. The summed E-state index contributed by atoms with van der Waals surface area (Å²) < 4.78 is 16.7. The normalized spacial score (nSPS) is 27.2. The van der Waals surface area contributed by atoms with Gasteiger partial charge in [0.05, 0.1) is 0 Å². The quantitative estimate of drug-likeness (QED) is 0.413. The molecule has 3 atom stereocenters. The SMILES string of the molecule is C=CC[C@@H](OC(=O)C=C)[C@H]1OC(C)(C)O[C@@H]1C=C. The number of rotatable bonds is 6. The van der Waals surface area contributed by atoms with Crippen LogP contribution in [-0.2, 0) is 19.0 Å². The van der Waals surface area contributed by atoms with Crippen LogP contribution in [0.2, 0.25) is 0 Å². The molecule has 0 radical (unpaired) electrons. The van der Waals surface area contributed by atoms with Crippen molar-refractivity contribution in [3.8, 4) is 0 Å². The minimum absolute atomic E-state index is 0.317. The van der Waals surface area contributed by atoms with E-state index in [0.717, 1.165) is 6.08 Å². The molecule has 1 saturated heterocycles. The summed E-state index contributed by atoms with van der Waals surface area (Å²) in [6.45, 7) is 14.4. The molecule has 1 rings (SSSR count). The minimum Gasteiger partial charge on any atom is -0.456 e. The summed E-state index contributed by atoms with van der Waals surface area (Å²) in [4.78, 5) is 11.3. The third-order valence-electron chi connectivity index (χ3n) is 2.60. The molecule has 0 unspecified atom stereocenters. The van der Waals surface area contributed by atoms with Gasteiger partial charge in [0.25, 0.3) is 0 Å². The predicted octanol–water partition coefficient (Wildman–Crippen LogP) is 2.37. The van der Waals surface area contributed by atoms with Gasteiger partial charge in [0.2, 0.25) is 0 Å². The first-order valence-corrected chi connectivity index (χ1v) is 5.85. The van der Waals surface area contributed by atoms with Crippen LogP contribution in [0.5, 0.6) is 0 Å². The number of carbonyl (C=O) groups excluding carboxylic acids is 1. The van der Waals surface area contributed by atoms with Gasteiger partial charge in [0.1, 0.15) is 18.3 Å². The van der Waals surface area contributed by atoms with Gasteiger partial charge in [-0.3, -0.25) is 0 Å². The maximum absolute atomic E-state index is 11.3. The molecule has 0 aromatic heterocycles. The first kappa shape index (κ1) is 14.7. The average Bonchev–Trinajstić information content (AvgIpc) is 2.63. The third-order valence-corrected chi connectivity index (χ3v) is 2.60. The Balaban J connectivity index is 2.83. The Bertz CT molecular complexity index is 346. The standard InChI is InChI=1S/C14H20O4/c1-6-9-11(16-12(15)8-3)13-10(7-2)17-14(4,5)18-13/h6-8,10-11,13H,1-3,9H2,4-5H3/t10-,11-,13+/m1/s1. The van der Waals surface area contributed by atoms with Crippen LogP contribution in [0.25, 0.3) is 0 Å². The van der Waals surface area contributed by atoms with Crippen LogP contribution in [0.3, 0.4) is 0 Å². The second-order valence-electron chi connectivity index (χ2n) is 4.50. The minimum atomic E-state index is -0.719. The van der Waals surface area contributed by atoms with Gasteiger partial charge in [-0.25, -0.2) is 4.79 Å². The lowest BCUT2D eigenvalue weighted by molar-refractivity contribution is -0.167. The highest BCUT2D eigenvalue weighted by Gasteiger charge is 2.44. The summed E-state index contributed by atoms with van der Waals surface area (Å²) in [6, 6.07) is 0. The van der Waals surface area contributed by atoms with Gasteiger partial charge in [-0.15, -0.1) is 13.2 Å². The van der Waals surface area contributed by atoms with Crippen molar-refractivity contribution in [1.29, 1.82) is 0 Å². The van der Waals surface area contributed by atoms with Gasteiger partial charge in [0, 0.05) is 12.5 Å². The molecule has 0 N–H and O–H groups in total. The van der Waals surface area contributed by atoms with Crippen molar-refractivity contribution in [1.82, 2.24) is 0 Å². The van der Waals surface area contributed by atoms with E-state index in [1.165, 1.54) is 0 Å². The van der Waals surface area contributed by atoms with Crippen LogP contribution in [0.1, 0.15) is 20.3 Å². The van der Waals surface area contributed by atoms with Crippen LogP contribution < -0.4 is 0 Å². The van der Waals surface area contributed by atoms with E-state index in [-0.39, 0.29) is 12.2 Å². The van der Waals surface area contributed by atoms with Crippen molar-refractivity contribution in [3.05, 3.63) is 38.0 Å². The molecule has 4 nitrogen and oxygen atoms in total. The second-order valence-corrected chi connectivity index (χ2v) is 4.50. The molecule has 100 valence electrons. The van der Waals surface area contributed by atoms with Crippen molar-refractivity contribution < 1.29 is 19.0 Å². The van der Waals surface area contributed by atoms with Crippen LogP contribution >= 0.6 is 0 Å². The van der Waals surface area contributed by atoms with Gasteiger partial charge in [-0.2, -0.15) is 0 Å². The zero-order valence-corrected chi connectivity index (χ0v) is 10.9. The number of hydrogen-bond acceptors (Lipinski definition) is 4. The molecule has 0 aliphatic carbocycles. The molecule has 1 aliphatic heterocycles. The van der Waals surface area contributed by atoms with E-state index in [9.17, 15) is 4.79 Å². The molecule has 1 aliphatic rings. The highest BCUT2D eigenvalue weighted by Crippen LogP contribution is 2.32. The smallest absolute Gasteiger partial charge is 0.330 e. The second kappa shape index (κ2) is 5.98. The molecule has 4 heteroatoms. The van der Waals surface area contributed by atoms with E-state index in [0.29, 0.717) is 6.42 Å². The van der Waals surface area contributed by atoms with Crippen molar-refractivity contribution in [2.24, 2.45) is 0 Å². The first-order valence-electron chi connectivity index (χ1n) is 5.85. The monoisotopic (exact) mass is 252 g/mol. The van der Waals surface area contributed by atoms with Crippen molar-refractivity contribution >= 4 is 5.97 Å². The van der Waals surface area contributed by atoms with Gasteiger partial charge in [0.15, 0.2) is 5.79 Å². The van der Waals surface area contributed by atoms with E-state index in [2.05, 4.69) is 19.7 Å². The largest absolute Gasteiger partial charge is 0.456 e. The average molecular weight is 252 g/mol. The van der Waals surface area contributed by atoms with Crippen molar-refractivity contribution in [2.45, 2.75) is 44.4 Å². The van der Waals surface area contributed by atoms with Gasteiger partial charge < -0.3 is 14.2 Å². The fraction of sp³-hybridized carbons (Fsp3) is 0.500. The Hall–Kier alpha value is -1.39. The van der Waals surface area contributed by atoms with Crippen LogP contribution in [0.4, 0.5) is 0 Å². The molecule has 1 fully saturated rings. The fourth-order valence-corrected chi connectivity index (χ4v) is 1.90. The Kier molecular flexibility index (Phi) is 4.87. The van der Waals surface area contributed by atoms with E-state index < -0.39 is 17.9 Å². The Morgan fingerprint density at radius 1 is 1.39 bits per heavy atom. The summed E-state index contributed by atoms with van der Waals surface area (Å²) >= 11 is 0. The van der Waals surface area contributed by atoms with Crippen molar-refractivity contribution in [3.63, 3.8) is 0 Å². The Morgan fingerprint density at radius 2 is 2.06 bits per heavy atom. The van der Waals surface area contributed by atoms with Gasteiger partial charge in [-0.05, 0) is 13.8 Å². The molecular weight excluding hydrogens is 232 g/mol. The number of hydrogen-bond donors (Lipinski definition) is 0. The molecular formula is C14H20O4. The zero-order chi connectivity index (χ0) is 13.8. The lowest BCUT2D eigenvalue weighted by atomic mass is 10.1. The highest BCUT2D eigenvalue weighted by atomic mass is 16.8. The third kappa shape index (κ3) is 3.55. The molecule has 0 aromatic rings. The van der Waals surface area contributed by atoms with Crippen LogP contribution in [0, 0.1) is 0 Å². The number of carbonyl (C=O) groups is 1. The molecule has 0 spiro atoms. The van der Waals surface area contributed by atoms with E-state index in [1.807, 2.05) is 13.8 Å². The maximum Gasteiger partial charge on any atom is 0.330 e. The molecule has 0 bridgehead atoms. The van der Waals surface area contributed by atoms with Crippen LogP contribution in [0.15, 0.2) is 38.0 Å². The molecule has 18 heavy (non-hydrogen) atoms. The number of ether oxygens (including phenoxy) is 3. The lowest BCUT2D eigenvalue weighted by Gasteiger charge is -2.24. The summed E-state index contributed by atoms with van der Waals surface area (Å²) in [5, 5.41) is 0. The highest BCUT2D eigenvalue weighted by molar-refractivity contribution is 5.81. The van der Waals surface area contributed by atoms with Crippen LogP contribution in [-0.4, -0.2) is 30.1 Å². The van der Waals surface area contributed by atoms with Crippen molar-refractivity contribution in [2.75, 3.05) is 0 Å². The molecule has 0 saturated carbocycles. The topological polar surface area (TPSA) is 44.8 Å². The first-order chi connectivity index (χ1) is 8.43. The maximum atomic E-state index is 11.3. The van der Waals surface area contributed by atoms with Gasteiger partial charge >= 0.3 is 5.97 Å². The van der Waals surface area contributed by atoms with E-state index in [4.69, 9.17) is 14.2 Å². The van der Waals surface area contributed by atoms with Gasteiger partial charge in [-0.1, -0.05) is 18.7 Å². The summed E-state index contributed by atoms with van der Waals surface area (Å²) in [6.07, 6.45) is 3.76. The molecule has 1 heterocycles. The molecule has 0 aromatic carbocycles. The van der Waals surface area contributed by atoms with E-state index >= 15 is 0 Å². The fourth-order valence-electron chi connectivity index (χ4n) is 1.90. The summed E-state index contributed by atoms with van der Waals surface area (Å²) in [7, 11) is 0. The Labute approximate surface area is 108 Å². The van der Waals surface area contributed by atoms with E-state index in [1.54, 1.807) is 12.2 Å². The number of esters is 1.